The molecular formula is C21H30N2O3. The van der Waals surface area contributed by atoms with Gasteiger partial charge in [0.25, 0.3) is 5.91 Å². The lowest BCUT2D eigenvalue weighted by Gasteiger charge is -2.56. The standard InChI is InChI=1S/C21H30N2O3/c1-15-8-5-9-16(2)20(15)26-14-19(25)23-13-6-10-18-21(23,4)11-7-12-22(18)17(3)24/h5,8-9,18H,6-7,10-14H2,1-4H3/t18-,21+/m1/s1. The molecule has 26 heavy (non-hydrogen) atoms. The first-order chi connectivity index (χ1) is 12.3. The summed E-state index contributed by atoms with van der Waals surface area (Å²) in [5.41, 5.74) is 1.80. The van der Waals surface area contributed by atoms with Crippen molar-refractivity contribution in [3.05, 3.63) is 29.3 Å². The number of rotatable bonds is 3. The second-order valence-electron chi connectivity index (χ2n) is 7.89. The Hall–Kier alpha value is -2.04. The first kappa shape index (κ1) is 18.7. The number of hydrogen-bond donors (Lipinski definition) is 0. The molecule has 0 saturated carbocycles. The third-order valence-corrected chi connectivity index (χ3v) is 6.11. The number of nitrogens with zero attached hydrogens (tertiary/aromatic N) is 2. The number of para-hydroxylation sites is 1. The minimum absolute atomic E-state index is 0.0188. The Labute approximate surface area is 156 Å². The highest BCUT2D eigenvalue weighted by molar-refractivity contribution is 5.79. The Morgan fingerprint density at radius 2 is 1.88 bits per heavy atom. The summed E-state index contributed by atoms with van der Waals surface area (Å²) >= 11 is 0. The summed E-state index contributed by atoms with van der Waals surface area (Å²) < 4.78 is 5.91. The fraction of sp³-hybridized carbons (Fsp3) is 0.619. The summed E-state index contributed by atoms with van der Waals surface area (Å²) in [6.07, 6.45) is 3.78. The molecule has 0 aromatic heterocycles. The molecular weight excluding hydrogens is 328 g/mol. The van der Waals surface area contributed by atoms with Crippen LogP contribution in [0, 0.1) is 13.8 Å². The van der Waals surface area contributed by atoms with Crippen LogP contribution in [0.25, 0.3) is 0 Å². The number of amides is 2. The van der Waals surface area contributed by atoms with E-state index >= 15 is 0 Å². The van der Waals surface area contributed by atoms with Gasteiger partial charge in [-0.3, -0.25) is 9.59 Å². The number of fused-ring (bicyclic) bond motifs is 1. The average molecular weight is 358 g/mol. The number of benzene rings is 1. The van der Waals surface area contributed by atoms with Crippen molar-refractivity contribution in [1.82, 2.24) is 9.80 Å². The van der Waals surface area contributed by atoms with Crippen LogP contribution in [-0.2, 0) is 9.59 Å². The molecule has 0 spiro atoms. The lowest BCUT2D eigenvalue weighted by Crippen LogP contribution is -2.68. The largest absolute Gasteiger partial charge is 0.483 e. The normalized spacial score (nSPS) is 25.6. The molecule has 2 atom stereocenters. The van der Waals surface area contributed by atoms with Gasteiger partial charge in [-0.05, 0) is 57.6 Å². The molecule has 1 aromatic rings. The number of aryl methyl sites for hydroxylation is 2. The van der Waals surface area contributed by atoms with Crippen LogP contribution in [-0.4, -0.2) is 52.9 Å². The summed E-state index contributed by atoms with van der Waals surface area (Å²) in [6, 6.07) is 6.11. The summed E-state index contributed by atoms with van der Waals surface area (Å²) in [5.74, 6) is 0.931. The Bertz CT molecular complexity index is 682. The van der Waals surface area contributed by atoms with Gasteiger partial charge < -0.3 is 14.5 Å². The number of likely N-dealkylation sites (tertiary alicyclic amines) is 2. The van der Waals surface area contributed by atoms with Gasteiger partial charge in [0, 0.05) is 20.0 Å². The third kappa shape index (κ3) is 3.31. The van der Waals surface area contributed by atoms with E-state index in [1.165, 1.54) is 0 Å². The van der Waals surface area contributed by atoms with Crippen LogP contribution in [0.4, 0.5) is 0 Å². The van der Waals surface area contributed by atoms with Gasteiger partial charge >= 0.3 is 0 Å². The lowest BCUT2D eigenvalue weighted by atomic mass is 9.76. The van der Waals surface area contributed by atoms with E-state index in [1.807, 2.05) is 41.8 Å². The Kier molecular flexibility index (Phi) is 5.26. The van der Waals surface area contributed by atoms with Gasteiger partial charge in [-0.1, -0.05) is 18.2 Å². The fourth-order valence-corrected chi connectivity index (χ4v) is 4.77. The summed E-state index contributed by atoms with van der Waals surface area (Å²) in [4.78, 5) is 29.0. The summed E-state index contributed by atoms with van der Waals surface area (Å²) in [5, 5.41) is 0. The van der Waals surface area contributed by atoms with Crippen LogP contribution in [0.2, 0.25) is 0 Å². The zero-order valence-electron chi connectivity index (χ0n) is 16.4. The molecule has 2 fully saturated rings. The highest BCUT2D eigenvalue weighted by atomic mass is 16.5. The quantitative estimate of drug-likeness (QED) is 0.834. The van der Waals surface area contributed by atoms with Gasteiger partial charge in [0.1, 0.15) is 5.75 Å². The molecule has 0 N–H and O–H groups in total. The van der Waals surface area contributed by atoms with E-state index in [2.05, 4.69) is 6.92 Å². The van der Waals surface area contributed by atoms with Crippen molar-refractivity contribution in [2.45, 2.75) is 65.0 Å². The van der Waals surface area contributed by atoms with Crippen molar-refractivity contribution in [2.75, 3.05) is 19.7 Å². The second kappa shape index (κ2) is 7.29. The maximum Gasteiger partial charge on any atom is 0.261 e. The SMILES string of the molecule is CC(=O)N1CCC[C@@]2(C)[C@H]1CCCN2C(=O)COc1c(C)cccc1C. The Morgan fingerprint density at radius 1 is 1.19 bits per heavy atom. The maximum absolute atomic E-state index is 13.0. The molecule has 0 unspecified atom stereocenters. The van der Waals surface area contributed by atoms with E-state index in [0.717, 1.165) is 55.6 Å². The van der Waals surface area contributed by atoms with Crippen LogP contribution < -0.4 is 4.74 Å². The molecule has 5 nitrogen and oxygen atoms in total. The van der Waals surface area contributed by atoms with Crippen molar-refractivity contribution in [1.29, 1.82) is 0 Å². The molecule has 1 aromatic carbocycles. The maximum atomic E-state index is 13.0. The van der Waals surface area contributed by atoms with Crippen LogP contribution in [0.1, 0.15) is 50.7 Å². The van der Waals surface area contributed by atoms with Gasteiger partial charge in [0.05, 0.1) is 11.6 Å². The van der Waals surface area contributed by atoms with Crippen molar-refractivity contribution in [3.8, 4) is 5.75 Å². The molecule has 5 heteroatoms. The minimum atomic E-state index is -0.288. The fourth-order valence-electron chi connectivity index (χ4n) is 4.77. The van der Waals surface area contributed by atoms with Gasteiger partial charge in [-0.25, -0.2) is 0 Å². The Morgan fingerprint density at radius 3 is 2.54 bits per heavy atom. The molecule has 0 radical (unpaired) electrons. The van der Waals surface area contributed by atoms with Crippen LogP contribution in [0.15, 0.2) is 18.2 Å². The second-order valence-corrected chi connectivity index (χ2v) is 7.89. The third-order valence-electron chi connectivity index (χ3n) is 6.11. The van der Waals surface area contributed by atoms with Crippen LogP contribution in [0.5, 0.6) is 5.75 Å². The average Bonchev–Trinajstić information content (AvgIpc) is 2.59. The first-order valence-electron chi connectivity index (χ1n) is 9.61. The van der Waals surface area contributed by atoms with Crippen molar-refractivity contribution in [2.24, 2.45) is 0 Å². The number of carbonyl (C=O) groups excluding carboxylic acids is 2. The van der Waals surface area contributed by atoms with Crippen molar-refractivity contribution < 1.29 is 14.3 Å². The van der Waals surface area contributed by atoms with Crippen LogP contribution >= 0.6 is 0 Å². The van der Waals surface area contributed by atoms with E-state index in [9.17, 15) is 9.59 Å². The van der Waals surface area contributed by atoms with Crippen LogP contribution in [0.3, 0.4) is 0 Å². The number of hydrogen-bond acceptors (Lipinski definition) is 3. The molecule has 2 aliphatic heterocycles. The molecule has 2 amide bonds. The van der Waals surface area contributed by atoms with E-state index in [4.69, 9.17) is 4.74 Å². The molecule has 0 bridgehead atoms. The molecule has 2 heterocycles. The summed E-state index contributed by atoms with van der Waals surface area (Å²) in [7, 11) is 0. The van der Waals surface area contributed by atoms with E-state index in [0.29, 0.717) is 0 Å². The van der Waals surface area contributed by atoms with Crippen molar-refractivity contribution in [3.63, 3.8) is 0 Å². The van der Waals surface area contributed by atoms with Gasteiger partial charge in [-0.2, -0.15) is 0 Å². The number of ether oxygens (including phenoxy) is 1. The van der Waals surface area contributed by atoms with E-state index in [-0.39, 0.29) is 30.0 Å². The van der Waals surface area contributed by atoms with E-state index < -0.39 is 0 Å². The monoisotopic (exact) mass is 358 g/mol. The molecule has 0 aliphatic carbocycles. The minimum Gasteiger partial charge on any atom is -0.483 e. The van der Waals surface area contributed by atoms with Gasteiger partial charge in [-0.15, -0.1) is 0 Å². The number of piperidine rings is 2. The summed E-state index contributed by atoms with van der Waals surface area (Å²) in [6.45, 7) is 9.37. The molecule has 2 saturated heterocycles. The topological polar surface area (TPSA) is 49.9 Å². The lowest BCUT2D eigenvalue weighted by molar-refractivity contribution is -0.156. The van der Waals surface area contributed by atoms with E-state index in [1.54, 1.807) is 6.92 Å². The molecule has 142 valence electrons. The Balaban J connectivity index is 1.75. The molecule has 3 rings (SSSR count). The van der Waals surface area contributed by atoms with Gasteiger partial charge in [0.2, 0.25) is 5.91 Å². The predicted octanol–water partition coefficient (Wildman–Crippen LogP) is 3.07. The van der Waals surface area contributed by atoms with Crippen molar-refractivity contribution >= 4 is 11.8 Å². The van der Waals surface area contributed by atoms with Gasteiger partial charge in [0.15, 0.2) is 6.61 Å². The highest BCUT2D eigenvalue weighted by Gasteiger charge is 2.49. The number of carbonyl (C=O) groups is 2. The highest BCUT2D eigenvalue weighted by Crippen LogP contribution is 2.39. The predicted molar refractivity (Wildman–Crippen MR) is 101 cm³/mol. The zero-order valence-corrected chi connectivity index (χ0v) is 16.4. The zero-order chi connectivity index (χ0) is 18.9. The molecule has 2 aliphatic rings. The smallest absolute Gasteiger partial charge is 0.261 e. The first-order valence-corrected chi connectivity index (χ1v) is 9.61.